The van der Waals surface area contributed by atoms with Crippen LogP contribution in [0, 0.1) is 13.8 Å². The second-order valence-electron chi connectivity index (χ2n) is 6.98. The zero-order valence-corrected chi connectivity index (χ0v) is 19.6. The summed E-state index contributed by atoms with van der Waals surface area (Å²) in [6.45, 7) is 9.84. The van der Waals surface area contributed by atoms with Crippen LogP contribution >= 0.6 is 24.0 Å². The van der Waals surface area contributed by atoms with E-state index in [0.717, 1.165) is 17.8 Å². The van der Waals surface area contributed by atoms with Crippen molar-refractivity contribution < 1.29 is 8.42 Å². The molecule has 25 heavy (non-hydrogen) atoms. The minimum atomic E-state index is -3.15. The first-order valence-corrected chi connectivity index (χ1v) is 9.94. The number of hydrogen-bond donors (Lipinski definition) is 2. The van der Waals surface area contributed by atoms with Crippen molar-refractivity contribution in [2.24, 2.45) is 12.0 Å². The van der Waals surface area contributed by atoms with E-state index in [1.165, 1.54) is 11.8 Å². The van der Waals surface area contributed by atoms with E-state index >= 15 is 0 Å². The van der Waals surface area contributed by atoms with Gasteiger partial charge in [0.15, 0.2) is 15.8 Å². The lowest BCUT2D eigenvalue weighted by Gasteiger charge is -2.25. The van der Waals surface area contributed by atoms with Crippen molar-refractivity contribution in [1.82, 2.24) is 20.4 Å². The zero-order chi connectivity index (χ0) is 18.7. The predicted molar refractivity (Wildman–Crippen MR) is 115 cm³/mol. The summed E-state index contributed by atoms with van der Waals surface area (Å²) in [5.74, 6) is 0.596. The number of nitrogens with zero attached hydrogens (tertiary/aromatic N) is 3. The van der Waals surface area contributed by atoms with Gasteiger partial charge in [-0.25, -0.2) is 8.42 Å². The summed E-state index contributed by atoms with van der Waals surface area (Å²) in [5.41, 5.74) is 3.41. The number of guanidine groups is 1. The van der Waals surface area contributed by atoms with Crippen molar-refractivity contribution in [3.05, 3.63) is 17.0 Å². The number of nitrogens with one attached hydrogen (secondary N) is 2. The number of hydrogen-bond acceptors (Lipinski definition) is 4. The van der Waals surface area contributed by atoms with Crippen molar-refractivity contribution in [3.8, 4) is 0 Å². The third-order valence-corrected chi connectivity index (χ3v) is 6.61. The maximum absolute atomic E-state index is 11.8. The molecule has 0 aliphatic rings. The molecule has 0 aromatic carbocycles. The van der Waals surface area contributed by atoms with Crippen molar-refractivity contribution in [2.45, 2.75) is 51.8 Å². The molecule has 146 valence electrons. The van der Waals surface area contributed by atoms with Crippen molar-refractivity contribution in [2.75, 3.05) is 19.8 Å². The molecule has 1 aromatic rings. The first-order valence-electron chi connectivity index (χ1n) is 8.05. The number of rotatable bonds is 6. The van der Waals surface area contributed by atoms with Gasteiger partial charge in [0.25, 0.3) is 0 Å². The van der Waals surface area contributed by atoms with Crippen LogP contribution in [0.25, 0.3) is 0 Å². The average molecular weight is 485 g/mol. The first kappa shape index (κ1) is 24.2. The average Bonchev–Trinajstić information content (AvgIpc) is 2.68. The predicted octanol–water partition coefficient (Wildman–Crippen LogP) is 1.57. The van der Waals surface area contributed by atoms with Crippen LogP contribution in [-0.4, -0.2) is 54.8 Å². The van der Waals surface area contributed by atoms with Gasteiger partial charge in [-0.05, 0) is 46.6 Å². The molecule has 1 atom stereocenters. The van der Waals surface area contributed by atoms with E-state index in [2.05, 4.69) is 34.6 Å². The maximum Gasteiger partial charge on any atom is 0.191 e. The Morgan fingerprint density at radius 2 is 1.92 bits per heavy atom. The highest BCUT2D eigenvalue weighted by atomic mass is 127. The standard InChI is InChI=1S/C16H31N5O2S.HI/c1-11(9-14-12(2)20-21(7)13(14)3)19-15(17-6)18-10-16(4,5)24(8,22)23;/h11H,9-10H2,1-8H3,(H2,17,18,19);1H. The summed E-state index contributed by atoms with van der Waals surface area (Å²) < 4.78 is 24.6. The second-order valence-corrected chi connectivity index (χ2v) is 9.63. The van der Waals surface area contributed by atoms with Gasteiger partial charge in [0, 0.05) is 38.6 Å². The topological polar surface area (TPSA) is 88.4 Å². The first-order chi connectivity index (χ1) is 10.9. The van der Waals surface area contributed by atoms with Crippen LogP contribution in [0.5, 0.6) is 0 Å². The van der Waals surface area contributed by atoms with E-state index in [1.54, 1.807) is 20.9 Å². The van der Waals surface area contributed by atoms with Gasteiger partial charge in [-0.2, -0.15) is 5.10 Å². The molecular formula is C16H32IN5O2S. The molecule has 0 bridgehead atoms. The molecule has 7 nitrogen and oxygen atoms in total. The molecule has 1 rings (SSSR count). The summed E-state index contributed by atoms with van der Waals surface area (Å²) in [4.78, 5) is 4.18. The molecule has 1 heterocycles. The Morgan fingerprint density at radius 3 is 2.32 bits per heavy atom. The summed E-state index contributed by atoms with van der Waals surface area (Å²) in [6.07, 6.45) is 2.07. The molecule has 0 amide bonds. The summed E-state index contributed by atoms with van der Waals surface area (Å²) in [5, 5.41) is 10.9. The minimum absolute atomic E-state index is 0. The molecule has 1 aromatic heterocycles. The van der Waals surface area contributed by atoms with E-state index < -0.39 is 14.6 Å². The molecule has 0 spiro atoms. The van der Waals surface area contributed by atoms with Gasteiger partial charge in [-0.15, -0.1) is 24.0 Å². The molecule has 1 unspecified atom stereocenters. The molecule has 0 aliphatic heterocycles. The highest BCUT2D eigenvalue weighted by Crippen LogP contribution is 2.15. The number of aromatic nitrogens is 2. The van der Waals surface area contributed by atoms with Crippen LogP contribution in [0.1, 0.15) is 37.7 Å². The molecule has 0 radical (unpaired) electrons. The summed E-state index contributed by atoms with van der Waals surface area (Å²) >= 11 is 0. The van der Waals surface area contributed by atoms with E-state index in [9.17, 15) is 8.42 Å². The van der Waals surface area contributed by atoms with E-state index in [-0.39, 0.29) is 30.0 Å². The SMILES string of the molecule is CN=C(NCC(C)(C)S(C)(=O)=O)NC(C)Cc1c(C)nn(C)c1C.I. The number of aliphatic imine (C=N–C) groups is 1. The van der Waals surface area contributed by atoms with Crippen molar-refractivity contribution in [3.63, 3.8) is 0 Å². The fourth-order valence-corrected chi connectivity index (χ4v) is 2.66. The van der Waals surface area contributed by atoms with Gasteiger partial charge >= 0.3 is 0 Å². The molecule has 0 saturated carbocycles. The number of halogens is 1. The Bertz CT molecular complexity index is 710. The minimum Gasteiger partial charge on any atom is -0.355 e. The zero-order valence-electron chi connectivity index (χ0n) is 16.5. The van der Waals surface area contributed by atoms with Gasteiger partial charge in [0.1, 0.15) is 0 Å². The Kier molecular flexibility index (Phi) is 8.89. The number of aryl methyl sites for hydroxylation is 2. The van der Waals surface area contributed by atoms with E-state index in [4.69, 9.17) is 0 Å². The third-order valence-electron chi connectivity index (χ3n) is 4.46. The monoisotopic (exact) mass is 485 g/mol. The largest absolute Gasteiger partial charge is 0.355 e. The van der Waals surface area contributed by atoms with Crippen LogP contribution in [-0.2, 0) is 23.3 Å². The van der Waals surface area contributed by atoms with Crippen molar-refractivity contribution >= 4 is 39.8 Å². The lowest BCUT2D eigenvalue weighted by molar-refractivity contribution is 0.541. The molecule has 2 N–H and O–H groups in total. The molecule has 0 aliphatic carbocycles. The van der Waals surface area contributed by atoms with Crippen LogP contribution in [0.3, 0.4) is 0 Å². The van der Waals surface area contributed by atoms with Gasteiger partial charge < -0.3 is 10.6 Å². The van der Waals surface area contributed by atoms with Crippen LogP contribution in [0.2, 0.25) is 0 Å². The summed E-state index contributed by atoms with van der Waals surface area (Å²) in [6, 6.07) is 0.138. The maximum atomic E-state index is 11.8. The Balaban J connectivity index is 0.00000576. The lowest BCUT2D eigenvalue weighted by atomic mass is 10.1. The van der Waals surface area contributed by atoms with E-state index in [1.807, 2.05) is 18.7 Å². The summed E-state index contributed by atoms with van der Waals surface area (Å²) in [7, 11) is 0.471. The fraction of sp³-hybridized carbons (Fsp3) is 0.750. The molecular weight excluding hydrogens is 453 g/mol. The highest BCUT2D eigenvalue weighted by Gasteiger charge is 2.30. The van der Waals surface area contributed by atoms with Crippen LogP contribution < -0.4 is 10.6 Å². The highest BCUT2D eigenvalue weighted by molar-refractivity contribution is 14.0. The smallest absolute Gasteiger partial charge is 0.191 e. The second kappa shape index (κ2) is 9.20. The Morgan fingerprint density at radius 1 is 1.36 bits per heavy atom. The van der Waals surface area contributed by atoms with Gasteiger partial charge in [-0.1, -0.05) is 0 Å². The molecule has 0 fully saturated rings. The molecule has 0 saturated heterocycles. The van der Waals surface area contributed by atoms with Crippen LogP contribution in [0.15, 0.2) is 4.99 Å². The Hall–Kier alpha value is -0.840. The van der Waals surface area contributed by atoms with Gasteiger partial charge in [-0.3, -0.25) is 9.67 Å². The van der Waals surface area contributed by atoms with Crippen LogP contribution in [0.4, 0.5) is 0 Å². The van der Waals surface area contributed by atoms with Gasteiger partial charge in [0.05, 0.1) is 10.4 Å². The lowest BCUT2D eigenvalue weighted by Crippen LogP contribution is -2.49. The normalized spacial score (nSPS) is 14.0. The number of sulfone groups is 1. The van der Waals surface area contributed by atoms with Crippen molar-refractivity contribution in [1.29, 1.82) is 0 Å². The quantitative estimate of drug-likeness (QED) is 0.363. The Labute approximate surface area is 169 Å². The fourth-order valence-electron chi connectivity index (χ4n) is 2.33. The van der Waals surface area contributed by atoms with E-state index in [0.29, 0.717) is 12.5 Å². The van der Waals surface area contributed by atoms with Gasteiger partial charge in [0.2, 0.25) is 0 Å². The molecule has 9 heteroatoms. The third kappa shape index (κ3) is 6.43.